The number of ether oxygens (including phenoxy) is 1. The van der Waals surface area contributed by atoms with Crippen molar-refractivity contribution < 1.29 is 9.84 Å². The number of aromatic nitrogens is 4. The summed E-state index contributed by atoms with van der Waals surface area (Å²) in [6.45, 7) is 2.27. The summed E-state index contributed by atoms with van der Waals surface area (Å²) in [6, 6.07) is 9.69. The fourth-order valence-corrected chi connectivity index (χ4v) is 4.49. The summed E-state index contributed by atoms with van der Waals surface area (Å²) in [5, 5.41) is 29.3. The van der Waals surface area contributed by atoms with Gasteiger partial charge in [-0.05, 0) is 49.9 Å². The van der Waals surface area contributed by atoms with Gasteiger partial charge < -0.3 is 15.2 Å². The Labute approximate surface area is 163 Å². The molecule has 1 aromatic carbocycles. The van der Waals surface area contributed by atoms with Crippen LogP contribution in [-0.4, -0.2) is 43.2 Å². The highest BCUT2D eigenvalue weighted by Gasteiger charge is 2.42. The van der Waals surface area contributed by atoms with Crippen LogP contribution >= 0.6 is 0 Å². The third-order valence-electron chi connectivity index (χ3n) is 5.86. The summed E-state index contributed by atoms with van der Waals surface area (Å²) in [4.78, 5) is 0. The van der Waals surface area contributed by atoms with Crippen molar-refractivity contribution in [1.82, 2.24) is 25.7 Å². The van der Waals surface area contributed by atoms with Crippen molar-refractivity contribution in [3.63, 3.8) is 0 Å². The first-order valence-electron chi connectivity index (χ1n) is 9.69. The van der Waals surface area contributed by atoms with E-state index < -0.39 is 0 Å². The number of nitrogens with zero attached hydrogens (tertiary/aromatic N) is 3. The fourth-order valence-electron chi connectivity index (χ4n) is 4.49. The van der Waals surface area contributed by atoms with Crippen molar-refractivity contribution >= 4 is 0 Å². The second kappa shape index (κ2) is 6.60. The number of aromatic hydroxyl groups is 1. The molecule has 3 N–H and O–H groups in total. The Bertz CT molecular complexity index is 973. The Kier molecular flexibility index (Phi) is 4.05. The molecule has 7 nitrogen and oxygen atoms in total. The molecule has 2 aromatic heterocycles. The lowest BCUT2D eigenvalue weighted by Crippen LogP contribution is -2.50. The average molecular weight is 377 g/mol. The summed E-state index contributed by atoms with van der Waals surface area (Å²) in [5.74, 6) is 0.692. The number of hydrogen-bond donors (Lipinski definition) is 3. The molecular formula is C21H23N5O2. The number of nitrogens with one attached hydrogen (secondary N) is 2. The molecule has 2 aliphatic heterocycles. The van der Waals surface area contributed by atoms with Crippen molar-refractivity contribution in [3.8, 4) is 34.0 Å². The fraction of sp³-hybridized carbons (Fsp3) is 0.381. The lowest BCUT2D eigenvalue weighted by molar-refractivity contribution is 0.103. The quantitative estimate of drug-likeness (QED) is 0.646. The molecule has 3 atom stereocenters. The summed E-state index contributed by atoms with van der Waals surface area (Å²) < 4.78 is 6.10. The van der Waals surface area contributed by atoms with E-state index in [1.54, 1.807) is 18.5 Å². The third-order valence-corrected chi connectivity index (χ3v) is 5.86. The number of phenols is 1. The predicted molar refractivity (Wildman–Crippen MR) is 105 cm³/mol. The minimum Gasteiger partial charge on any atom is -0.507 e. The minimum atomic E-state index is 0.157. The molecule has 0 amide bonds. The van der Waals surface area contributed by atoms with Crippen molar-refractivity contribution in [1.29, 1.82) is 0 Å². The summed E-state index contributed by atoms with van der Waals surface area (Å²) in [6.07, 6.45) is 8.09. The molecule has 2 aliphatic rings. The zero-order chi connectivity index (χ0) is 19.1. The maximum absolute atomic E-state index is 10.4. The SMILES string of the molecule is C[C@@]12CC[C@@H](C[C@H](Oc3ccc(-c4ccc(-c5cn[nH]c5)cc4O)nn3)C1)N2. The van der Waals surface area contributed by atoms with Crippen LogP contribution in [0.15, 0.2) is 42.7 Å². The molecule has 2 fully saturated rings. The molecule has 0 spiro atoms. The van der Waals surface area contributed by atoms with Crippen LogP contribution in [0.1, 0.15) is 32.6 Å². The van der Waals surface area contributed by atoms with Gasteiger partial charge in [0.25, 0.3) is 0 Å². The molecule has 0 radical (unpaired) electrons. The van der Waals surface area contributed by atoms with E-state index in [0.29, 0.717) is 23.2 Å². The van der Waals surface area contributed by atoms with Gasteiger partial charge in [0, 0.05) is 41.4 Å². The molecule has 4 heterocycles. The third kappa shape index (κ3) is 3.22. The van der Waals surface area contributed by atoms with Crippen LogP contribution in [-0.2, 0) is 0 Å². The first-order chi connectivity index (χ1) is 13.6. The number of aromatic amines is 1. The first kappa shape index (κ1) is 17.2. The van der Waals surface area contributed by atoms with Crippen LogP contribution in [0.4, 0.5) is 0 Å². The second-order valence-electron chi connectivity index (χ2n) is 8.10. The Morgan fingerprint density at radius 1 is 1.18 bits per heavy atom. The van der Waals surface area contributed by atoms with Gasteiger partial charge in [0.15, 0.2) is 0 Å². The number of hydrogen-bond acceptors (Lipinski definition) is 6. The molecule has 2 bridgehead atoms. The standard InChI is InChI=1S/C21H23N5O2/c1-21-7-6-15(24-21)9-16(10-21)28-20-5-4-18(25-26-20)17-3-2-13(8-19(17)27)14-11-22-23-12-14/h2-5,8,11-12,15-16,24,27H,6-7,9-10H2,1H3,(H,22,23)/t15-,16-,21+/m0/s1. The summed E-state index contributed by atoms with van der Waals surface area (Å²) in [5.41, 5.74) is 3.24. The Morgan fingerprint density at radius 2 is 2.11 bits per heavy atom. The number of H-pyrrole nitrogens is 1. The number of piperidine rings is 1. The number of rotatable bonds is 4. The van der Waals surface area contributed by atoms with Gasteiger partial charge in [-0.2, -0.15) is 5.10 Å². The largest absolute Gasteiger partial charge is 0.507 e. The molecule has 2 saturated heterocycles. The lowest BCUT2D eigenvalue weighted by atomic mass is 9.91. The zero-order valence-electron chi connectivity index (χ0n) is 15.7. The average Bonchev–Trinajstić information content (AvgIpc) is 3.30. The summed E-state index contributed by atoms with van der Waals surface area (Å²) >= 11 is 0. The smallest absolute Gasteiger partial charge is 0.233 e. The minimum absolute atomic E-state index is 0.157. The normalized spacial score (nSPS) is 26.3. The van der Waals surface area contributed by atoms with E-state index in [-0.39, 0.29) is 17.4 Å². The highest BCUT2D eigenvalue weighted by atomic mass is 16.5. The molecule has 0 saturated carbocycles. The zero-order valence-corrected chi connectivity index (χ0v) is 15.7. The summed E-state index contributed by atoms with van der Waals surface area (Å²) in [7, 11) is 0. The van der Waals surface area contributed by atoms with Crippen molar-refractivity contribution in [2.75, 3.05) is 0 Å². The maximum Gasteiger partial charge on any atom is 0.233 e. The molecule has 3 aromatic rings. The van der Waals surface area contributed by atoms with E-state index in [1.165, 1.54) is 12.8 Å². The molecule has 5 rings (SSSR count). The molecule has 0 aliphatic carbocycles. The first-order valence-corrected chi connectivity index (χ1v) is 9.69. The van der Waals surface area contributed by atoms with Crippen LogP contribution in [0.3, 0.4) is 0 Å². The monoisotopic (exact) mass is 377 g/mol. The van der Waals surface area contributed by atoms with E-state index in [0.717, 1.165) is 24.0 Å². The van der Waals surface area contributed by atoms with E-state index in [4.69, 9.17) is 4.74 Å². The van der Waals surface area contributed by atoms with Crippen LogP contribution in [0, 0.1) is 0 Å². The molecule has 28 heavy (non-hydrogen) atoms. The van der Waals surface area contributed by atoms with Crippen molar-refractivity contribution in [2.24, 2.45) is 0 Å². The maximum atomic E-state index is 10.4. The second-order valence-corrected chi connectivity index (χ2v) is 8.10. The van der Waals surface area contributed by atoms with Crippen LogP contribution in [0.5, 0.6) is 11.6 Å². The molecule has 7 heteroatoms. The highest BCUT2D eigenvalue weighted by Crippen LogP contribution is 2.37. The van der Waals surface area contributed by atoms with Gasteiger partial charge in [-0.3, -0.25) is 5.10 Å². The Morgan fingerprint density at radius 3 is 2.82 bits per heavy atom. The highest BCUT2D eigenvalue weighted by molar-refractivity contribution is 5.73. The lowest BCUT2D eigenvalue weighted by Gasteiger charge is -2.36. The van der Waals surface area contributed by atoms with E-state index in [1.807, 2.05) is 24.3 Å². The van der Waals surface area contributed by atoms with Gasteiger partial charge in [0.2, 0.25) is 5.88 Å². The van der Waals surface area contributed by atoms with Gasteiger partial charge in [-0.1, -0.05) is 6.07 Å². The number of fused-ring (bicyclic) bond motifs is 2. The van der Waals surface area contributed by atoms with Crippen LogP contribution in [0.25, 0.3) is 22.4 Å². The number of benzene rings is 1. The van der Waals surface area contributed by atoms with Gasteiger partial charge in [-0.15, -0.1) is 10.2 Å². The predicted octanol–water partition coefficient (Wildman–Crippen LogP) is 3.29. The molecular weight excluding hydrogens is 354 g/mol. The van der Waals surface area contributed by atoms with Gasteiger partial charge in [-0.25, -0.2) is 0 Å². The van der Waals surface area contributed by atoms with Gasteiger partial charge in [0.05, 0.1) is 11.9 Å². The number of phenolic OH excluding ortho intramolecular Hbond substituents is 1. The van der Waals surface area contributed by atoms with E-state index >= 15 is 0 Å². The van der Waals surface area contributed by atoms with Crippen LogP contribution in [0.2, 0.25) is 0 Å². The van der Waals surface area contributed by atoms with Crippen molar-refractivity contribution in [2.45, 2.75) is 50.3 Å². The Hall–Kier alpha value is -2.93. The Balaban J connectivity index is 1.31. The van der Waals surface area contributed by atoms with E-state index in [2.05, 4.69) is 32.6 Å². The van der Waals surface area contributed by atoms with Crippen LogP contribution < -0.4 is 10.1 Å². The van der Waals surface area contributed by atoms with E-state index in [9.17, 15) is 5.11 Å². The van der Waals surface area contributed by atoms with Gasteiger partial charge >= 0.3 is 0 Å². The molecule has 144 valence electrons. The van der Waals surface area contributed by atoms with Crippen molar-refractivity contribution in [3.05, 3.63) is 42.7 Å². The van der Waals surface area contributed by atoms with Gasteiger partial charge in [0.1, 0.15) is 11.9 Å². The molecule has 0 unspecified atom stereocenters. The topological polar surface area (TPSA) is 96.0 Å².